The molecule has 1 heterocycles. The molecule has 0 aromatic rings. The number of carbonyl (C=O) groups is 2. The van der Waals surface area contributed by atoms with Crippen LogP contribution in [-0.4, -0.2) is 37.5 Å². The van der Waals surface area contributed by atoms with Gasteiger partial charge in [-0.25, -0.2) is 0 Å². The molecule has 1 saturated heterocycles. The Labute approximate surface area is 86.8 Å². The summed E-state index contributed by atoms with van der Waals surface area (Å²) in [5, 5.41) is 0. The topological polar surface area (TPSA) is 96.0 Å². The Bertz CT molecular complexity index is 343. The number of rotatable bonds is 4. The zero-order chi connectivity index (χ0) is 11.6. The molecule has 1 aliphatic rings. The number of esters is 2. The van der Waals surface area contributed by atoms with Gasteiger partial charge in [0.25, 0.3) is 0 Å². The third-order valence-electron chi connectivity index (χ3n) is 1.95. The molecule has 1 aliphatic heterocycles. The van der Waals surface area contributed by atoms with E-state index in [9.17, 15) is 18.7 Å². The Morgan fingerprint density at radius 3 is 2.20 bits per heavy atom. The number of cyclic esters (lactones) is 2. The Morgan fingerprint density at radius 2 is 1.80 bits per heavy atom. The maximum atomic E-state index is 11.8. The third-order valence-corrected chi connectivity index (χ3v) is 5.13. The van der Waals surface area contributed by atoms with Crippen LogP contribution in [0.15, 0.2) is 0 Å². The molecule has 2 unspecified atom stereocenters. The number of hydrogen-bond acceptors (Lipinski definition) is 7. The molecule has 0 radical (unpaired) electrons. The van der Waals surface area contributed by atoms with Crippen LogP contribution in [0.2, 0.25) is 0 Å². The summed E-state index contributed by atoms with van der Waals surface area (Å²) < 4.78 is 35.8. The second-order valence-corrected chi connectivity index (χ2v) is 5.77. The van der Waals surface area contributed by atoms with Gasteiger partial charge in [-0.3, -0.25) is 18.7 Å². The predicted octanol–water partition coefficient (Wildman–Crippen LogP) is 0.585. The summed E-state index contributed by atoms with van der Waals surface area (Å²) in [7, 11) is -2.31. The summed E-state index contributed by atoms with van der Waals surface area (Å²) >= 11 is 0. The van der Waals surface area contributed by atoms with Gasteiger partial charge < -0.3 is 13.8 Å². The molecule has 9 heteroatoms. The molecule has 0 aromatic carbocycles. The fraction of sp³-hybridized carbons (Fsp3) is 0.667. The van der Waals surface area contributed by atoms with Gasteiger partial charge in [-0.2, -0.15) is 0 Å². The Hall–Kier alpha value is -0.610. The van der Waals surface area contributed by atoms with E-state index in [2.05, 4.69) is 13.8 Å². The van der Waals surface area contributed by atoms with Crippen molar-refractivity contribution in [2.24, 2.45) is 0 Å². The van der Waals surface area contributed by atoms with Crippen molar-refractivity contribution in [2.45, 2.75) is 11.3 Å². The van der Waals surface area contributed by atoms with E-state index in [0.717, 1.165) is 14.2 Å². The minimum atomic E-state index is -3.80. The zero-order valence-electron chi connectivity index (χ0n) is 7.91. The molecule has 1 fully saturated rings. The minimum Gasteiger partial charge on any atom is -0.392 e. The smallest absolute Gasteiger partial charge is 0.346 e. The lowest BCUT2D eigenvalue weighted by atomic mass is 10.3. The average molecular weight is 254 g/mol. The summed E-state index contributed by atoms with van der Waals surface area (Å²) in [6.07, 6.45) is 0. The standard InChI is InChI=1S/C6H8O7P2/c1-11-15(10,12-2)4-3(14-9)5(7)13-6(4)8/h3-4H,1-2H3. The van der Waals surface area contributed by atoms with E-state index in [1.807, 2.05) is 0 Å². The Kier molecular flexibility index (Phi) is 3.73. The first-order valence-electron chi connectivity index (χ1n) is 3.79. The van der Waals surface area contributed by atoms with Gasteiger partial charge in [0, 0.05) is 14.2 Å². The Morgan fingerprint density at radius 1 is 1.27 bits per heavy atom. The molecule has 2 atom stereocenters. The van der Waals surface area contributed by atoms with Gasteiger partial charge in [-0.1, -0.05) is 0 Å². The van der Waals surface area contributed by atoms with Gasteiger partial charge in [0.1, 0.15) is 0 Å². The second-order valence-electron chi connectivity index (χ2n) is 2.64. The zero-order valence-corrected chi connectivity index (χ0v) is 9.70. The van der Waals surface area contributed by atoms with Crippen LogP contribution in [0.1, 0.15) is 0 Å². The predicted molar refractivity (Wildman–Crippen MR) is 47.9 cm³/mol. The average Bonchev–Trinajstić information content (AvgIpc) is 2.52. The highest BCUT2D eigenvalue weighted by Gasteiger charge is 2.56. The van der Waals surface area contributed by atoms with Gasteiger partial charge in [0.15, 0.2) is 19.8 Å². The third kappa shape index (κ3) is 2.01. The van der Waals surface area contributed by atoms with Crippen LogP contribution in [0.25, 0.3) is 0 Å². The largest absolute Gasteiger partial charge is 0.392 e. The fourth-order valence-electron chi connectivity index (χ4n) is 1.18. The van der Waals surface area contributed by atoms with Crippen LogP contribution in [0.4, 0.5) is 0 Å². The molecule has 0 bridgehead atoms. The van der Waals surface area contributed by atoms with Crippen molar-refractivity contribution in [3.63, 3.8) is 0 Å². The molecule has 0 amide bonds. The maximum absolute atomic E-state index is 11.8. The molecule has 84 valence electrons. The van der Waals surface area contributed by atoms with E-state index in [0.29, 0.717) is 0 Å². The molecule has 1 rings (SSSR count). The highest BCUT2D eigenvalue weighted by molar-refractivity contribution is 7.56. The molecule has 0 spiro atoms. The van der Waals surface area contributed by atoms with Gasteiger partial charge >= 0.3 is 19.5 Å². The van der Waals surface area contributed by atoms with Crippen molar-refractivity contribution in [1.82, 2.24) is 0 Å². The highest BCUT2D eigenvalue weighted by Crippen LogP contribution is 2.56. The van der Waals surface area contributed by atoms with Crippen molar-refractivity contribution in [2.75, 3.05) is 14.2 Å². The van der Waals surface area contributed by atoms with Crippen LogP contribution in [0.3, 0.4) is 0 Å². The van der Waals surface area contributed by atoms with Crippen molar-refractivity contribution in [1.29, 1.82) is 0 Å². The fourth-order valence-corrected chi connectivity index (χ4v) is 3.59. The van der Waals surface area contributed by atoms with Crippen LogP contribution in [0.5, 0.6) is 0 Å². The summed E-state index contributed by atoms with van der Waals surface area (Å²) in [5.41, 5.74) is -2.79. The summed E-state index contributed by atoms with van der Waals surface area (Å²) in [5.74, 6) is -2.03. The quantitative estimate of drug-likeness (QED) is 0.411. The lowest BCUT2D eigenvalue weighted by Gasteiger charge is -2.17. The van der Waals surface area contributed by atoms with Crippen LogP contribution < -0.4 is 0 Å². The molecule has 0 saturated carbocycles. The maximum Gasteiger partial charge on any atom is 0.346 e. The van der Waals surface area contributed by atoms with Crippen molar-refractivity contribution in [3.8, 4) is 0 Å². The molecule has 0 aliphatic carbocycles. The van der Waals surface area contributed by atoms with Gasteiger partial charge in [-0.15, -0.1) is 0 Å². The van der Waals surface area contributed by atoms with E-state index >= 15 is 0 Å². The lowest BCUT2D eigenvalue weighted by molar-refractivity contribution is -0.151. The van der Waals surface area contributed by atoms with E-state index in [4.69, 9.17) is 0 Å². The molecular formula is C6H8O7P2. The van der Waals surface area contributed by atoms with E-state index in [-0.39, 0.29) is 0 Å². The van der Waals surface area contributed by atoms with E-state index in [1.165, 1.54) is 0 Å². The molecule has 7 nitrogen and oxygen atoms in total. The minimum absolute atomic E-state index is 0.654. The van der Waals surface area contributed by atoms with E-state index < -0.39 is 39.3 Å². The molecule has 15 heavy (non-hydrogen) atoms. The Balaban J connectivity index is 3.12. The SMILES string of the molecule is COP(=O)(OC)C1C(=O)OC(=O)C1P=O. The normalized spacial score (nSPS) is 27.1. The van der Waals surface area contributed by atoms with Crippen LogP contribution in [-0.2, 0) is 32.5 Å². The van der Waals surface area contributed by atoms with E-state index in [1.54, 1.807) is 0 Å². The summed E-state index contributed by atoms with van der Waals surface area (Å²) in [6.45, 7) is 0. The summed E-state index contributed by atoms with van der Waals surface area (Å²) in [4.78, 5) is 22.2. The summed E-state index contributed by atoms with van der Waals surface area (Å²) in [6, 6.07) is 0. The number of carbonyl (C=O) groups excluding carboxylic acids is 2. The molecular weight excluding hydrogens is 246 g/mol. The monoisotopic (exact) mass is 254 g/mol. The first-order valence-corrected chi connectivity index (χ1v) is 6.28. The first kappa shape index (κ1) is 12.5. The number of hydrogen-bond donors (Lipinski definition) is 0. The lowest BCUT2D eigenvalue weighted by Crippen LogP contribution is -2.26. The first-order chi connectivity index (χ1) is 7.00. The molecule has 0 aromatic heterocycles. The van der Waals surface area contributed by atoms with Crippen molar-refractivity contribution < 1.29 is 32.5 Å². The highest BCUT2D eigenvalue weighted by atomic mass is 31.2. The van der Waals surface area contributed by atoms with Gasteiger partial charge in [0.05, 0.1) is 0 Å². The van der Waals surface area contributed by atoms with Crippen molar-refractivity contribution in [3.05, 3.63) is 0 Å². The van der Waals surface area contributed by atoms with Crippen LogP contribution >= 0.6 is 16.1 Å². The van der Waals surface area contributed by atoms with Gasteiger partial charge in [-0.05, 0) is 0 Å². The second kappa shape index (κ2) is 4.49. The van der Waals surface area contributed by atoms with Gasteiger partial charge in [0.2, 0.25) is 0 Å². The number of ether oxygens (including phenoxy) is 1. The molecule has 0 N–H and O–H groups in total. The van der Waals surface area contributed by atoms with Crippen molar-refractivity contribution >= 4 is 28.0 Å². The van der Waals surface area contributed by atoms with Crippen LogP contribution in [0, 0.1) is 0 Å².